The molecule has 5 atom stereocenters. The summed E-state index contributed by atoms with van der Waals surface area (Å²) in [6, 6.07) is 56.4. The zero-order valence-electron chi connectivity index (χ0n) is 47.0. The van der Waals surface area contributed by atoms with Crippen molar-refractivity contribution in [3.8, 4) is 0 Å². The van der Waals surface area contributed by atoms with Crippen molar-refractivity contribution in [3.63, 3.8) is 0 Å². The molecule has 6 aromatic rings. The lowest BCUT2D eigenvalue weighted by molar-refractivity contribution is 0.364. The summed E-state index contributed by atoms with van der Waals surface area (Å²) in [5.41, 5.74) is 15.6. The Morgan fingerprint density at radius 2 is 0.746 bits per heavy atom. The van der Waals surface area contributed by atoms with E-state index >= 15 is 0 Å². The van der Waals surface area contributed by atoms with Gasteiger partial charge in [-0.3, -0.25) is 0 Å². The van der Waals surface area contributed by atoms with E-state index in [0.717, 1.165) is 31.2 Å². The van der Waals surface area contributed by atoms with Crippen molar-refractivity contribution in [1.82, 2.24) is 0 Å². The highest BCUT2D eigenvalue weighted by Crippen LogP contribution is 2.48. The third kappa shape index (κ3) is 13.4. The first-order valence-electron chi connectivity index (χ1n) is 26.8. The van der Waals surface area contributed by atoms with E-state index in [4.69, 9.17) is 6.92 Å². The lowest BCUT2D eigenvalue weighted by atomic mass is 9.67. The van der Waals surface area contributed by atoms with Crippen LogP contribution in [0.5, 0.6) is 0 Å². The van der Waals surface area contributed by atoms with Crippen LogP contribution in [0.3, 0.4) is 0 Å². The van der Waals surface area contributed by atoms with Gasteiger partial charge in [-0.05, 0) is 149 Å². The minimum atomic E-state index is -0.185. The molecule has 0 radical (unpaired) electrons. The van der Waals surface area contributed by atoms with Gasteiger partial charge >= 0.3 is 0 Å². The molecule has 0 saturated carbocycles. The Bertz CT molecular complexity index is 2610. The van der Waals surface area contributed by atoms with Gasteiger partial charge in [-0.1, -0.05) is 234 Å². The maximum absolute atomic E-state index is 4.79. The maximum atomic E-state index is 4.79. The summed E-state index contributed by atoms with van der Waals surface area (Å²) in [7, 11) is 0. The molecule has 0 aliphatic rings. The third-order valence-electron chi connectivity index (χ3n) is 16.6. The van der Waals surface area contributed by atoms with Crippen LogP contribution in [0.15, 0.2) is 152 Å². The summed E-state index contributed by atoms with van der Waals surface area (Å²) in [5.74, 6) is 1.47. The Labute approximate surface area is 435 Å². The van der Waals surface area contributed by atoms with Gasteiger partial charge in [-0.15, -0.1) is 0 Å². The van der Waals surface area contributed by atoms with Gasteiger partial charge in [0.25, 0.3) is 0 Å². The van der Waals surface area contributed by atoms with Crippen LogP contribution < -0.4 is 0 Å². The zero-order valence-corrected chi connectivity index (χ0v) is 47.0. The summed E-state index contributed by atoms with van der Waals surface area (Å²) in [6.45, 7) is 52.5. The summed E-state index contributed by atoms with van der Waals surface area (Å²) in [6.07, 6.45) is 6.18. The molecule has 0 heteroatoms. The van der Waals surface area contributed by atoms with Crippen LogP contribution in [0.25, 0.3) is 6.08 Å². The zero-order chi connectivity index (χ0) is 52.3. The molecular formula is C71H91+3. The summed E-state index contributed by atoms with van der Waals surface area (Å²) in [4.78, 5) is 0. The maximum Gasteiger partial charge on any atom is 0.129 e. The van der Waals surface area contributed by atoms with Crippen LogP contribution in [0.4, 0.5) is 0 Å². The molecule has 0 nitrogen and oxygen atoms in total. The molecule has 0 fully saturated rings. The quantitative estimate of drug-likeness (QED) is 0.0669. The fourth-order valence-corrected chi connectivity index (χ4v) is 11.1. The Balaban J connectivity index is 1.39. The first-order chi connectivity index (χ1) is 33.0. The van der Waals surface area contributed by atoms with Crippen molar-refractivity contribution >= 4 is 6.08 Å². The third-order valence-corrected chi connectivity index (χ3v) is 16.6. The minimum Gasteiger partial charge on any atom is -0.0985 e. The average molecular weight is 945 g/mol. The van der Waals surface area contributed by atoms with Crippen molar-refractivity contribution in [1.29, 1.82) is 0 Å². The molecule has 0 aromatic heterocycles. The molecule has 6 aromatic carbocycles. The summed E-state index contributed by atoms with van der Waals surface area (Å²) in [5, 5.41) is 0. The van der Waals surface area contributed by atoms with Crippen molar-refractivity contribution < 1.29 is 0 Å². The van der Waals surface area contributed by atoms with Crippen molar-refractivity contribution in [2.45, 2.75) is 192 Å². The van der Waals surface area contributed by atoms with E-state index in [0.29, 0.717) is 11.8 Å². The lowest BCUT2D eigenvalue weighted by Crippen LogP contribution is -2.26. The predicted molar refractivity (Wildman–Crippen MR) is 312 cm³/mol. The van der Waals surface area contributed by atoms with Crippen LogP contribution >= 0.6 is 0 Å². The molecule has 0 amide bonds. The smallest absolute Gasteiger partial charge is 0.0985 e. The normalized spacial score (nSPS) is 15.1. The molecule has 5 unspecified atom stereocenters. The van der Waals surface area contributed by atoms with E-state index in [9.17, 15) is 0 Å². The van der Waals surface area contributed by atoms with Crippen LogP contribution in [-0.2, 0) is 32.5 Å². The molecule has 71 heavy (non-hydrogen) atoms. The molecule has 0 spiro atoms. The molecule has 0 aliphatic heterocycles. The highest BCUT2D eigenvalue weighted by molar-refractivity contribution is 5.48. The van der Waals surface area contributed by atoms with Crippen LogP contribution in [-0.4, -0.2) is 0 Å². The topological polar surface area (TPSA) is 0 Å². The number of rotatable bonds is 20. The van der Waals surface area contributed by atoms with Gasteiger partial charge < -0.3 is 0 Å². The Kier molecular flexibility index (Phi) is 16.6. The predicted octanol–water partition coefficient (Wildman–Crippen LogP) is 20.0. The molecule has 6 rings (SSSR count). The molecular weight excluding hydrogens is 853 g/mol. The Hall–Kier alpha value is -5.33. The van der Waals surface area contributed by atoms with E-state index < -0.39 is 0 Å². The van der Waals surface area contributed by atoms with Gasteiger partial charge in [-0.2, -0.15) is 0 Å². The second-order valence-corrected chi connectivity index (χ2v) is 26.0. The fourth-order valence-electron chi connectivity index (χ4n) is 11.1. The monoisotopic (exact) mass is 944 g/mol. The van der Waals surface area contributed by atoms with Gasteiger partial charge in [0, 0.05) is 16.5 Å². The Morgan fingerprint density at radius 1 is 0.394 bits per heavy atom. The lowest BCUT2D eigenvalue weighted by Gasteiger charge is -2.37. The van der Waals surface area contributed by atoms with Crippen LogP contribution in [0, 0.1) is 20.8 Å². The summed E-state index contributed by atoms with van der Waals surface area (Å²) < 4.78 is 0. The van der Waals surface area contributed by atoms with Gasteiger partial charge in [0.05, 0.1) is 20.8 Å². The Morgan fingerprint density at radius 3 is 1.18 bits per heavy atom. The second kappa shape index (κ2) is 21.4. The van der Waals surface area contributed by atoms with E-state index in [2.05, 4.69) is 270 Å². The molecule has 0 aliphatic carbocycles. The van der Waals surface area contributed by atoms with E-state index in [1.807, 2.05) is 6.08 Å². The fraction of sp³-hybridized carbons (Fsp3) is 0.423. The second-order valence-electron chi connectivity index (χ2n) is 26.0. The van der Waals surface area contributed by atoms with Gasteiger partial charge in [-0.25, -0.2) is 0 Å². The van der Waals surface area contributed by atoms with Crippen molar-refractivity contribution in [2.24, 2.45) is 0 Å². The molecule has 0 saturated heterocycles. The van der Waals surface area contributed by atoms with Crippen molar-refractivity contribution in [3.05, 3.63) is 240 Å². The molecule has 0 heterocycles. The van der Waals surface area contributed by atoms with Gasteiger partial charge in [0.2, 0.25) is 0 Å². The van der Waals surface area contributed by atoms with E-state index in [1.54, 1.807) is 0 Å². The van der Waals surface area contributed by atoms with Crippen molar-refractivity contribution in [2.75, 3.05) is 0 Å². The van der Waals surface area contributed by atoms with Gasteiger partial charge in [0.15, 0.2) is 0 Å². The molecule has 372 valence electrons. The van der Waals surface area contributed by atoms with E-state index in [1.165, 1.54) is 61.2 Å². The van der Waals surface area contributed by atoms with Crippen LogP contribution in [0.1, 0.15) is 226 Å². The molecule has 0 N–H and O–H groups in total. The first kappa shape index (κ1) is 55.0. The first-order valence-corrected chi connectivity index (χ1v) is 26.8. The van der Waals surface area contributed by atoms with E-state index in [-0.39, 0.29) is 50.2 Å². The number of hydrogen-bond acceptors (Lipinski definition) is 0. The summed E-state index contributed by atoms with van der Waals surface area (Å²) >= 11 is 0. The standard InChI is InChI=1S/C71H91/c1-20-52-22-34-61(35-23-52)70(16,17)48-65(57-30-42-62(43-31-57)69(14,15)47-50(3)54-26-38-59(39-27-54)67(8,9)10)64(46-21-49(2)53-24-36-58(37-25-53)66(5,6)7)56-32-44-63(45-33-56)71(18,19)51(4)55-28-40-60(41-29-55)68(11,12)13/h20,22-45,49-51,64-65H,1,4,8,11,21,46-48H2,2-3,5-7,9-10,12-19H3/q+3. The van der Waals surface area contributed by atoms with Gasteiger partial charge in [0.1, 0.15) is 16.7 Å². The van der Waals surface area contributed by atoms with Crippen LogP contribution in [0.2, 0.25) is 0 Å². The molecule has 0 bridgehead atoms. The highest BCUT2D eigenvalue weighted by atomic mass is 14.4. The average Bonchev–Trinajstić information content (AvgIpc) is 3.32. The SMILES string of the molecule is C=Cc1ccc(C(C)(C)CC(c2ccc(C(C)(C)CC(C)c3ccc(C([CH2+])(C)C)cc3)cc2)C(CCC(C)c2ccc(C(C)(C)C)cc2)c2ccc(C(C)(C)C([CH2+])c3ccc(C([CH2+])(C)C)cc3)cc2)cc1. The number of hydrogen-bond donors (Lipinski definition) is 0. The minimum absolute atomic E-state index is 0.0122. The largest absolute Gasteiger partial charge is 0.129 e. The highest BCUT2D eigenvalue weighted by Gasteiger charge is 2.37. The number of benzene rings is 6.